The molecule has 14 rings (SSSR count). The lowest BCUT2D eigenvalue weighted by Crippen LogP contribution is -2.41. The van der Waals surface area contributed by atoms with Gasteiger partial charge in [0.25, 0.3) is 0 Å². The van der Waals surface area contributed by atoms with Crippen molar-refractivity contribution in [2.75, 3.05) is 29.2 Å². The number of rotatable bonds is 11. The third kappa shape index (κ3) is 22.2. The van der Waals surface area contributed by atoms with Crippen molar-refractivity contribution in [2.45, 2.75) is 52.0 Å². The topological polar surface area (TPSA) is 266 Å². The summed E-state index contributed by atoms with van der Waals surface area (Å²) >= 11 is 11.8. The fourth-order valence-electron chi connectivity index (χ4n) is 10.2. The van der Waals surface area contributed by atoms with E-state index in [4.69, 9.17) is 31.2 Å². The summed E-state index contributed by atoms with van der Waals surface area (Å²) in [5.74, 6) is -5.56. The number of fused-ring (bicyclic) bond motifs is 1. The van der Waals surface area contributed by atoms with Gasteiger partial charge in [-0.05, 0) is 159 Å². The van der Waals surface area contributed by atoms with Crippen molar-refractivity contribution >= 4 is 129 Å². The molecular weight excluding hydrogens is 1720 g/mol. The van der Waals surface area contributed by atoms with Gasteiger partial charge in [-0.3, -0.25) is 0 Å². The van der Waals surface area contributed by atoms with Crippen molar-refractivity contribution < 1.29 is 72.8 Å². The number of nitrogen functional groups attached to an aromatic ring is 3. The van der Waals surface area contributed by atoms with Crippen molar-refractivity contribution in [3.05, 3.63) is 276 Å². The SMILES string of the molecule is CC1(C)OB(c2cc(F)c(N)c(F)c2)OC1(C)C.COC(=O)c1cnc(N(Cc2ccccc2)Cc2ccccc2)c2[nH]c(B(O)O)cc12.Cn1ccnc1-c1cc(F)c(Br)c(F)c1.Cn1ccnc1-c1cc(F)c(Br)c(F)c1.Cn1ccnc1-c1cc(F)c(N)c(F)c1.Cn1ccnc1Br.Nc1c(F)cc(Br)cc1F. The Morgan fingerprint density at radius 1 is 0.523 bits per heavy atom. The summed E-state index contributed by atoms with van der Waals surface area (Å²) in [6.45, 7) is 8.64. The molecule has 9 N–H and O–H groups in total. The quantitative estimate of drug-likeness (QED) is 0.0231. The van der Waals surface area contributed by atoms with Crippen LogP contribution in [0.1, 0.15) is 49.2 Å². The second-order valence-electron chi connectivity index (χ2n) is 25.2. The van der Waals surface area contributed by atoms with Crippen molar-refractivity contribution in [2.24, 2.45) is 28.2 Å². The Morgan fingerprint density at radius 3 is 1.20 bits per heavy atom. The number of ether oxygens (including phenoxy) is 1. The molecule has 0 spiro atoms. The van der Waals surface area contributed by atoms with Crippen molar-refractivity contribution in [3.63, 3.8) is 0 Å². The molecule has 0 radical (unpaired) electrons. The van der Waals surface area contributed by atoms with E-state index in [9.17, 15) is 58.7 Å². The van der Waals surface area contributed by atoms with Crippen LogP contribution in [0, 0.1) is 58.2 Å². The van der Waals surface area contributed by atoms with Gasteiger partial charge in [-0.15, -0.1) is 0 Å². The maximum Gasteiger partial charge on any atom is 0.505 e. The molecule has 0 unspecified atom stereocenters. The Bertz CT molecular complexity index is 4960. The molecule has 1 aliphatic heterocycles. The molecule has 1 aliphatic rings. The normalized spacial score (nSPS) is 12.3. The lowest BCUT2D eigenvalue weighted by Gasteiger charge is -2.32. The van der Waals surface area contributed by atoms with Gasteiger partial charge in [-0.25, -0.2) is 73.6 Å². The van der Waals surface area contributed by atoms with Gasteiger partial charge in [0, 0.05) is 129 Å². The monoisotopic (exact) mass is 1790 g/mol. The number of imidazole rings is 4. The predicted molar refractivity (Wildman–Crippen MR) is 421 cm³/mol. The first-order valence-electron chi connectivity index (χ1n) is 32.8. The van der Waals surface area contributed by atoms with Gasteiger partial charge < -0.3 is 69.4 Å². The molecular formula is C75H70B2Br4F10N14O6. The number of nitrogens with zero attached hydrogens (tertiary/aromatic N) is 10. The molecule has 36 heteroatoms. The molecule has 7 aromatic carbocycles. The van der Waals surface area contributed by atoms with Crippen molar-refractivity contribution in [1.82, 2.24) is 48.2 Å². The van der Waals surface area contributed by atoms with E-state index in [0.717, 1.165) is 40.1 Å². The average molecular weight is 1790 g/mol. The zero-order valence-electron chi connectivity index (χ0n) is 60.4. The number of pyridine rings is 1. The minimum Gasteiger partial charge on any atom is -0.465 e. The fourth-order valence-corrected chi connectivity index (χ4v) is 11.3. The number of benzene rings is 7. The number of nitrogens with one attached hydrogen (secondary N) is 1. The number of esters is 1. The number of hydrogen-bond acceptors (Lipinski definition) is 15. The third-order valence-electron chi connectivity index (χ3n) is 16.8. The highest BCUT2D eigenvalue weighted by Gasteiger charge is 2.52. The number of aromatic nitrogens is 10. The van der Waals surface area contributed by atoms with Crippen LogP contribution in [0.25, 0.3) is 45.1 Å². The second kappa shape index (κ2) is 38.2. The third-order valence-corrected chi connectivity index (χ3v) is 19.5. The summed E-state index contributed by atoms with van der Waals surface area (Å²) in [5, 5.41) is 19.9. The van der Waals surface area contributed by atoms with E-state index in [2.05, 4.69) is 98.5 Å². The van der Waals surface area contributed by atoms with Gasteiger partial charge in [0.2, 0.25) is 0 Å². The first-order chi connectivity index (χ1) is 52.4. The number of carbonyl (C=O) groups excluding carboxylic acids is 1. The molecule has 20 nitrogen and oxygen atoms in total. The molecule has 1 fully saturated rings. The van der Waals surface area contributed by atoms with Crippen LogP contribution in [0.4, 0.5) is 66.8 Å². The molecule has 7 heterocycles. The van der Waals surface area contributed by atoms with Crippen molar-refractivity contribution in [3.8, 4) is 34.2 Å². The molecule has 6 aromatic heterocycles. The van der Waals surface area contributed by atoms with E-state index in [1.165, 1.54) is 49.7 Å². The number of methoxy groups -OCH3 is 1. The molecule has 0 atom stereocenters. The van der Waals surface area contributed by atoms with E-state index >= 15 is 0 Å². The van der Waals surface area contributed by atoms with Crippen molar-refractivity contribution in [1.29, 1.82) is 0 Å². The van der Waals surface area contributed by atoms with E-state index in [1.54, 1.807) is 84.3 Å². The van der Waals surface area contributed by atoms with Crippen LogP contribution in [-0.4, -0.2) is 96.7 Å². The Kier molecular flexibility index (Phi) is 29.8. The number of H-pyrrole nitrogens is 1. The first kappa shape index (κ1) is 86.5. The van der Waals surface area contributed by atoms with Crippen LogP contribution in [0.3, 0.4) is 0 Å². The zero-order valence-corrected chi connectivity index (χ0v) is 66.8. The average Bonchev–Trinajstić information content (AvgIpc) is 1.62. The number of carbonyl (C=O) groups is 1. The number of anilines is 4. The summed E-state index contributed by atoms with van der Waals surface area (Å²) in [6, 6.07) is 33.4. The Morgan fingerprint density at radius 2 is 0.874 bits per heavy atom. The molecule has 0 amide bonds. The van der Waals surface area contributed by atoms with Gasteiger partial charge in [0.15, 0.2) is 10.6 Å². The Balaban J connectivity index is 0.000000170. The molecule has 111 heavy (non-hydrogen) atoms. The minimum atomic E-state index is -1.71. The van der Waals surface area contributed by atoms with Crippen LogP contribution in [-0.2, 0) is 55.3 Å². The molecule has 13 aromatic rings. The fraction of sp³-hybridized carbons (Fsp3) is 0.173. The van der Waals surface area contributed by atoms with Gasteiger partial charge >= 0.3 is 20.2 Å². The summed E-state index contributed by atoms with van der Waals surface area (Å²) < 4.78 is 155. The molecule has 0 aliphatic carbocycles. The molecule has 580 valence electrons. The summed E-state index contributed by atoms with van der Waals surface area (Å²) in [6.07, 6.45) is 14.9. The van der Waals surface area contributed by atoms with E-state index in [-0.39, 0.29) is 25.6 Å². The Labute approximate surface area is 665 Å². The number of nitrogens with two attached hydrogens (primary N) is 3. The Hall–Kier alpha value is -10.1. The molecule has 0 bridgehead atoms. The number of aryl methyl sites for hydroxylation is 4. The smallest absolute Gasteiger partial charge is 0.465 e. The van der Waals surface area contributed by atoms with Crippen LogP contribution in [0.5, 0.6) is 0 Å². The first-order valence-corrected chi connectivity index (χ1v) is 36.0. The molecule has 1 saturated heterocycles. The number of hydrogen-bond donors (Lipinski definition) is 6. The summed E-state index contributed by atoms with van der Waals surface area (Å²) in [4.78, 5) is 37.8. The van der Waals surface area contributed by atoms with E-state index in [0.29, 0.717) is 68.4 Å². The van der Waals surface area contributed by atoms with Crippen LogP contribution in [0.15, 0.2) is 201 Å². The van der Waals surface area contributed by atoms with Gasteiger partial charge in [0.1, 0.15) is 92.7 Å². The van der Waals surface area contributed by atoms with Gasteiger partial charge in [-0.1, -0.05) is 76.6 Å². The maximum absolute atomic E-state index is 13.4. The predicted octanol–water partition coefficient (Wildman–Crippen LogP) is 15.8. The van der Waals surface area contributed by atoms with Crippen LogP contribution >= 0.6 is 63.7 Å². The lowest BCUT2D eigenvalue weighted by atomic mass is 9.79. The highest BCUT2D eigenvalue weighted by molar-refractivity contribution is 9.11. The van der Waals surface area contributed by atoms with E-state index in [1.807, 2.05) is 106 Å². The maximum atomic E-state index is 13.4. The molecule has 0 saturated carbocycles. The van der Waals surface area contributed by atoms with Gasteiger partial charge in [-0.2, -0.15) is 0 Å². The largest absolute Gasteiger partial charge is 0.505 e. The summed E-state index contributed by atoms with van der Waals surface area (Å²) in [5.41, 5.74) is 17.5. The van der Waals surface area contributed by atoms with Crippen LogP contribution < -0.4 is 33.2 Å². The highest BCUT2D eigenvalue weighted by Crippen LogP contribution is 2.37. The van der Waals surface area contributed by atoms with Gasteiger partial charge in [0.05, 0.1) is 38.3 Å². The highest BCUT2D eigenvalue weighted by atomic mass is 79.9. The number of halogens is 14. The van der Waals surface area contributed by atoms with E-state index < -0.39 is 107 Å². The summed E-state index contributed by atoms with van der Waals surface area (Å²) in [7, 11) is 6.00. The number of aromatic amines is 1. The van der Waals surface area contributed by atoms with Crippen LogP contribution in [0.2, 0.25) is 0 Å². The minimum absolute atomic E-state index is 0.152. The second-order valence-corrected chi connectivity index (χ2v) is 28.4. The zero-order chi connectivity index (χ0) is 81.5. The lowest BCUT2D eigenvalue weighted by molar-refractivity contribution is 0.00578. The standard InChI is InChI=1S/C23H22BN3O4.C12H16BF2NO2.2C10H7BrF2N2.C10H9F2N3.C6H4BrF2N.C4H5BrN2/c1-31-23(28)19-13-25-22(21-18(19)12-20(26-21)24(29)30)27(14-16-8-4-2-5-9-16)15-17-10-6-3-7-11-17;1-11(2)12(3,4)18-13(17-11)7-5-8(14)10(16)9(15)6-7;2*1-15-3-2-14-10(15)6-4-7(12)9(11)8(13)5-6;1-15-3-2-14-10(15)6-4-7(11)9(13)8(12)5-6;7-3-1-4(8)6(10)5(9)2-3;1-7-3-2-6-4(7)5/h2-13,26,29-30H,14-15H2,1H3;5-6H,16H2,1-4H3;2*2-5H,1H3;2-5H,13H2,1H3;1-2H,10H2;2-3H,1H3.